The fourth-order valence-electron chi connectivity index (χ4n) is 3.55. The van der Waals surface area contributed by atoms with E-state index < -0.39 is 15.7 Å². The molecule has 0 radical (unpaired) electrons. The van der Waals surface area contributed by atoms with E-state index in [1.54, 1.807) is 6.07 Å². The van der Waals surface area contributed by atoms with Crippen molar-refractivity contribution >= 4 is 44.2 Å². The topological polar surface area (TPSA) is 73.2 Å². The lowest BCUT2D eigenvalue weighted by atomic mass is 10.0. The Labute approximate surface area is 200 Å². The molecule has 2 aromatic carbocycles. The molecule has 1 atom stereocenters. The van der Waals surface area contributed by atoms with Gasteiger partial charge in [0.05, 0.1) is 16.5 Å². The van der Waals surface area contributed by atoms with E-state index in [9.17, 15) is 13.5 Å². The van der Waals surface area contributed by atoms with Gasteiger partial charge < -0.3 is 10.0 Å². The number of hydrogen-bond donors (Lipinski definition) is 1. The Morgan fingerprint density at radius 3 is 2.53 bits per heavy atom. The van der Waals surface area contributed by atoms with Gasteiger partial charge in [-0.1, -0.05) is 73.8 Å². The number of unbranched alkanes of at least 4 members (excludes halogenated alkanes) is 3. The van der Waals surface area contributed by atoms with Gasteiger partial charge in [-0.05, 0) is 30.7 Å². The van der Waals surface area contributed by atoms with Crippen LogP contribution in [0.4, 0.5) is 5.69 Å². The SMILES string of the molecule is CCCCCCN1C(=Nc2ccccc2)SCC1(O)c1ccc(Cl)c(S(=O)(=O)N(C)C)c1. The summed E-state index contributed by atoms with van der Waals surface area (Å²) in [5.41, 5.74) is -0.0839. The number of aliphatic imine (C=N–C) groups is 1. The quantitative estimate of drug-likeness (QED) is 0.492. The number of benzene rings is 2. The van der Waals surface area contributed by atoms with Crippen LogP contribution in [0.2, 0.25) is 5.02 Å². The Kier molecular flexibility index (Phi) is 8.27. The van der Waals surface area contributed by atoms with Crippen LogP contribution < -0.4 is 0 Å². The lowest BCUT2D eigenvalue weighted by molar-refractivity contribution is -0.0484. The van der Waals surface area contributed by atoms with Crippen LogP contribution in [-0.2, 0) is 15.7 Å². The molecule has 2 aromatic rings. The predicted molar refractivity (Wildman–Crippen MR) is 133 cm³/mol. The Morgan fingerprint density at radius 2 is 1.88 bits per heavy atom. The average molecular weight is 496 g/mol. The van der Waals surface area contributed by atoms with Crippen LogP contribution in [0.25, 0.3) is 0 Å². The number of amidine groups is 1. The predicted octanol–water partition coefficient (Wildman–Crippen LogP) is 5.05. The standard InChI is InChI=1S/C23H30ClN3O3S2/c1-4-5-6-10-15-27-22(25-19-11-8-7-9-12-19)31-17-23(27,28)18-13-14-20(24)21(16-18)32(29,30)26(2)3/h7-9,11-14,16,28H,4-6,10,15,17H2,1-3H3. The summed E-state index contributed by atoms with van der Waals surface area (Å²) in [6.07, 6.45) is 4.19. The molecule has 0 saturated carbocycles. The van der Waals surface area contributed by atoms with E-state index in [2.05, 4.69) is 6.92 Å². The molecule has 0 aliphatic carbocycles. The van der Waals surface area contributed by atoms with Gasteiger partial charge in [-0.2, -0.15) is 0 Å². The monoisotopic (exact) mass is 495 g/mol. The summed E-state index contributed by atoms with van der Waals surface area (Å²) in [6.45, 7) is 2.78. The van der Waals surface area contributed by atoms with Crippen LogP contribution in [0.5, 0.6) is 0 Å². The molecule has 9 heteroatoms. The first-order chi connectivity index (χ1) is 15.2. The third kappa shape index (κ3) is 5.31. The minimum absolute atomic E-state index is 0.0144. The molecule has 1 N–H and O–H groups in total. The largest absolute Gasteiger partial charge is 0.366 e. The molecule has 1 aliphatic heterocycles. The number of halogens is 1. The molecule has 32 heavy (non-hydrogen) atoms. The van der Waals surface area contributed by atoms with Gasteiger partial charge in [-0.3, -0.25) is 0 Å². The maximum absolute atomic E-state index is 12.8. The van der Waals surface area contributed by atoms with Gasteiger partial charge in [0.2, 0.25) is 10.0 Å². The Balaban J connectivity index is 2.02. The van der Waals surface area contributed by atoms with E-state index in [-0.39, 0.29) is 9.92 Å². The van der Waals surface area contributed by atoms with Gasteiger partial charge in [-0.15, -0.1) is 0 Å². The van der Waals surface area contributed by atoms with E-state index in [0.29, 0.717) is 17.9 Å². The van der Waals surface area contributed by atoms with Gasteiger partial charge in [0.1, 0.15) is 4.90 Å². The number of para-hydroxylation sites is 1. The van der Waals surface area contributed by atoms with Crippen molar-refractivity contribution in [3.63, 3.8) is 0 Å². The molecule has 6 nitrogen and oxygen atoms in total. The van der Waals surface area contributed by atoms with E-state index in [1.165, 1.54) is 38.0 Å². The second kappa shape index (κ2) is 10.6. The minimum atomic E-state index is -3.76. The van der Waals surface area contributed by atoms with Crippen LogP contribution in [-0.4, -0.2) is 54.3 Å². The van der Waals surface area contributed by atoms with Crippen LogP contribution in [0.3, 0.4) is 0 Å². The molecule has 0 spiro atoms. The number of sulfonamides is 1. The minimum Gasteiger partial charge on any atom is -0.366 e. The third-order valence-corrected chi connectivity index (χ3v) is 8.86. The van der Waals surface area contributed by atoms with Crippen LogP contribution >= 0.6 is 23.4 Å². The number of aliphatic hydroxyl groups is 1. The highest BCUT2D eigenvalue weighted by molar-refractivity contribution is 8.14. The Morgan fingerprint density at radius 1 is 1.16 bits per heavy atom. The van der Waals surface area contributed by atoms with Crippen molar-refractivity contribution in [1.29, 1.82) is 0 Å². The van der Waals surface area contributed by atoms with Gasteiger partial charge in [-0.25, -0.2) is 17.7 Å². The first-order valence-corrected chi connectivity index (χ1v) is 13.5. The Hall–Kier alpha value is -1.58. The average Bonchev–Trinajstić information content (AvgIpc) is 3.08. The van der Waals surface area contributed by atoms with Crippen molar-refractivity contribution in [3.8, 4) is 0 Å². The molecule has 174 valence electrons. The van der Waals surface area contributed by atoms with Crippen molar-refractivity contribution in [3.05, 3.63) is 59.1 Å². The number of rotatable bonds is 9. The van der Waals surface area contributed by atoms with Crippen molar-refractivity contribution in [2.45, 2.75) is 43.2 Å². The van der Waals surface area contributed by atoms with Crippen LogP contribution in [0.1, 0.15) is 38.2 Å². The summed E-state index contributed by atoms with van der Waals surface area (Å²) in [4.78, 5) is 6.65. The van der Waals surface area contributed by atoms with Crippen molar-refractivity contribution in [2.24, 2.45) is 4.99 Å². The van der Waals surface area contributed by atoms with Crippen molar-refractivity contribution < 1.29 is 13.5 Å². The van der Waals surface area contributed by atoms with Gasteiger partial charge >= 0.3 is 0 Å². The van der Waals surface area contributed by atoms with E-state index in [0.717, 1.165) is 40.8 Å². The Bertz CT molecular complexity index is 1060. The molecule has 0 aromatic heterocycles. The smallest absolute Gasteiger partial charge is 0.244 e. The van der Waals surface area contributed by atoms with E-state index in [4.69, 9.17) is 16.6 Å². The zero-order valence-electron chi connectivity index (χ0n) is 18.7. The van der Waals surface area contributed by atoms with E-state index >= 15 is 0 Å². The summed E-state index contributed by atoms with van der Waals surface area (Å²) in [7, 11) is -0.833. The summed E-state index contributed by atoms with van der Waals surface area (Å²) in [6, 6.07) is 14.4. The summed E-state index contributed by atoms with van der Waals surface area (Å²) >= 11 is 7.71. The first-order valence-electron chi connectivity index (χ1n) is 10.7. The molecule has 0 amide bonds. The highest BCUT2D eigenvalue weighted by Crippen LogP contribution is 2.41. The van der Waals surface area contributed by atoms with E-state index in [1.807, 2.05) is 35.2 Å². The molecular weight excluding hydrogens is 466 g/mol. The zero-order chi connectivity index (χ0) is 23.4. The molecule has 1 heterocycles. The summed E-state index contributed by atoms with van der Waals surface area (Å²) in [5.74, 6) is 0.343. The fraction of sp³-hybridized carbons (Fsp3) is 0.435. The zero-order valence-corrected chi connectivity index (χ0v) is 21.1. The second-order valence-corrected chi connectivity index (χ2v) is 11.5. The normalized spacial score (nSPS) is 20.4. The first kappa shape index (κ1) is 25.1. The fourth-order valence-corrected chi connectivity index (χ4v) is 6.16. The second-order valence-electron chi connectivity index (χ2n) is 7.98. The van der Waals surface area contributed by atoms with Crippen LogP contribution in [0, 0.1) is 0 Å². The maximum Gasteiger partial charge on any atom is 0.244 e. The highest BCUT2D eigenvalue weighted by atomic mass is 35.5. The molecular formula is C23H30ClN3O3S2. The van der Waals surface area contributed by atoms with Crippen molar-refractivity contribution in [1.82, 2.24) is 9.21 Å². The number of nitrogens with zero attached hydrogens (tertiary/aromatic N) is 3. The summed E-state index contributed by atoms with van der Waals surface area (Å²) in [5, 5.41) is 12.7. The molecule has 1 unspecified atom stereocenters. The molecule has 1 fully saturated rings. The number of hydrogen-bond acceptors (Lipinski definition) is 5. The maximum atomic E-state index is 12.8. The lowest BCUT2D eigenvalue weighted by Gasteiger charge is -2.35. The molecule has 3 rings (SSSR count). The lowest BCUT2D eigenvalue weighted by Crippen LogP contribution is -2.45. The van der Waals surface area contributed by atoms with Crippen LogP contribution in [0.15, 0.2) is 58.4 Å². The molecule has 0 bridgehead atoms. The molecule has 1 aliphatic rings. The summed E-state index contributed by atoms with van der Waals surface area (Å²) < 4.78 is 26.7. The molecule has 1 saturated heterocycles. The number of thioether (sulfide) groups is 1. The van der Waals surface area contributed by atoms with Gasteiger partial charge in [0, 0.05) is 26.2 Å². The third-order valence-electron chi connectivity index (χ3n) is 5.45. The highest BCUT2D eigenvalue weighted by Gasteiger charge is 2.45. The van der Waals surface area contributed by atoms with Gasteiger partial charge in [0.15, 0.2) is 10.9 Å². The van der Waals surface area contributed by atoms with Crippen molar-refractivity contribution in [2.75, 3.05) is 26.4 Å². The van der Waals surface area contributed by atoms with Gasteiger partial charge in [0.25, 0.3) is 0 Å².